The third kappa shape index (κ3) is 3.28. The van der Waals surface area contributed by atoms with E-state index in [4.69, 9.17) is 16.0 Å². The minimum Gasteiger partial charge on any atom is -0.419 e. The first-order chi connectivity index (χ1) is 10.8. The number of halogens is 1. The Labute approximate surface area is 134 Å². The van der Waals surface area contributed by atoms with Crippen LogP contribution in [0, 0.1) is 0 Å². The number of anilines is 1. The van der Waals surface area contributed by atoms with Crippen molar-refractivity contribution in [3.8, 4) is 11.5 Å². The molecule has 112 valence electrons. The number of benzene rings is 2. The molecule has 0 amide bonds. The molecule has 0 saturated heterocycles. The molecule has 1 heterocycles. The third-order valence-electron chi connectivity index (χ3n) is 3.37. The predicted octanol–water partition coefficient (Wildman–Crippen LogP) is 4.42. The number of nitrogens with zero attached hydrogens (tertiary/aromatic N) is 3. The van der Waals surface area contributed by atoms with Crippen molar-refractivity contribution < 1.29 is 4.42 Å². The summed E-state index contributed by atoms with van der Waals surface area (Å²) in [5.74, 6) is 1.07. The average molecular weight is 314 g/mol. The van der Waals surface area contributed by atoms with Crippen molar-refractivity contribution in [1.82, 2.24) is 10.2 Å². The molecular formula is C17H16ClN3O. The normalized spacial score (nSPS) is 10.6. The van der Waals surface area contributed by atoms with Gasteiger partial charge in [-0.05, 0) is 37.3 Å². The molecule has 22 heavy (non-hydrogen) atoms. The van der Waals surface area contributed by atoms with Gasteiger partial charge in [-0.15, -0.1) is 10.2 Å². The zero-order valence-electron chi connectivity index (χ0n) is 12.2. The van der Waals surface area contributed by atoms with Crippen molar-refractivity contribution in [3.05, 3.63) is 65.5 Å². The summed E-state index contributed by atoms with van der Waals surface area (Å²) >= 11 is 5.99. The average Bonchev–Trinajstić information content (AvgIpc) is 3.02. The quantitative estimate of drug-likeness (QED) is 0.699. The van der Waals surface area contributed by atoms with Gasteiger partial charge in [0.2, 0.25) is 11.8 Å². The van der Waals surface area contributed by atoms with Gasteiger partial charge in [0, 0.05) is 22.8 Å². The van der Waals surface area contributed by atoms with Crippen LogP contribution in [0.2, 0.25) is 5.02 Å². The van der Waals surface area contributed by atoms with Crippen molar-refractivity contribution in [2.45, 2.75) is 13.5 Å². The first-order valence-corrected chi connectivity index (χ1v) is 7.52. The van der Waals surface area contributed by atoms with Crippen LogP contribution in [-0.2, 0) is 6.54 Å². The molecule has 2 aromatic carbocycles. The fourth-order valence-electron chi connectivity index (χ4n) is 2.24. The molecule has 0 bridgehead atoms. The Bertz CT molecular complexity index is 742. The molecule has 0 unspecified atom stereocenters. The lowest BCUT2D eigenvalue weighted by Gasteiger charge is -2.20. The maximum atomic E-state index is 5.99. The van der Waals surface area contributed by atoms with E-state index in [0.29, 0.717) is 23.3 Å². The maximum absolute atomic E-state index is 5.99. The van der Waals surface area contributed by atoms with Gasteiger partial charge < -0.3 is 9.32 Å². The summed E-state index contributed by atoms with van der Waals surface area (Å²) in [7, 11) is 0. The van der Waals surface area contributed by atoms with E-state index in [1.807, 2.05) is 42.5 Å². The highest BCUT2D eigenvalue weighted by Gasteiger charge is 2.12. The second-order valence-electron chi connectivity index (χ2n) is 4.86. The Morgan fingerprint density at radius 2 is 1.86 bits per heavy atom. The summed E-state index contributed by atoms with van der Waals surface area (Å²) in [6.45, 7) is 3.54. The van der Waals surface area contributed by atoms with Gasteiger partial charge in [-0.1, -0.05) is 35.9 Å². The molecule has 0 N–H and O–H groups in total. The van der Waals surface area contributed by atoms with Crippen LogP contribution in [0.3, 0.4) is 0 Å². The zero-order chi connectivity index (χ0) is 15.4. The van der Waals surface area contributed by atoms with E-state index in [0.717, 1.165) is 17.8 Å². The lowest BCUT2D eigenvalue weighted by atomic mass is 10.2. The summed E-state index contributed by atoms with van der Waals surface area (Å²) < 4.78 is 5.76. The minimum atomic E-state index is 0.488. The predicted molar refractivity (Wildman–Crippen MR) is 87.9 cm³/mol. The van der Waals surface area contributed by atoms with Gasteiger partial charge in [0.1, 0.15) is 0 Å². The molecule has 5 heteroatoms. The highest BCUT2D eigenvalue weighted by Crippen LogP contribution is 2.22. The molecule has 0 fully saturated rings. The van der Waals surface area contributed by atoms with Crippen LogP contribution in [-0.4, -0.2) is 16.7 Å². The molecule has 0 saturated carbocycles. The minimum absolute atomic E-state index is 0.488. The van der Waals surface area contributed by atoms with E-state index >= 15 is 0 Å². The second-order valence-corrected chi connectivity index (χ2v) is 5.30. The van der Waals surface area contributed by atoms with Crippen LogP contribution < -0.4 is 4.90 Å². The number of para-hydroxylation sites is 1. The van der Waals surface area contributed by atoms with Crippen LogP contribution in [0.4, 0.5) is 5.69 Å². The lowest BCUT2D eigenvalue weighted by Crippen LogP contribution is -2.22. The number of aromatic nitrogens is 2. The fraction of sp³-hybridized carbons (Fsp3) is 0.176. The first-order valence-electron chi connectivity index (χ1n) is 7.14. The molecule has 3 rings (SSSR count). The lowest BCUT2D eigenvalue weighted by molar-refractivity contribution is 0.499. The number of hydrogen-bond donors (Lipinski definition) is 0. The van der Waals surface area contributed by atoms with Gasteiger partial charge in [0.15, 0.2) is 0 Å². The highest BCUT2D eigenvalue weighted by atomic mass is 35.5. The van der Waals surface area contributed by atoms with Crippen LogP contribution in [0.5, 0.6) is 0 Å². The highest BCUT2D eigenvalue weighted by molar-refractivity contribution is 6.30. The largest absolute Gasteiger partial charge is 0.419 e. The molecule has 4 nitrogen and oxygen atoms in total. The molecule has 0 aliphatic heterocycles. The fourth-order valence-corrected chi connectivity index (χ4v) is 2.43. The van der Waals surface area contributed by atoms with Gasteiger partial charge in [0.05, 0.1) is 6.54 Å². The molecular weight excluding hydrogens is 298 g/mol. The summed E-state index contributed by atoms with van der Waals surface area (Å²) in [4.78, 5) is 2.18. The number of hydrogen-bond acceptors (Lipinski definition) is 4. The van der Waals surface area contributed by atoms with Crippen LogP contribution in [0.25, 0.3) is 11.5 Å². The van der Waals surface area contributed by atoms with Gasteiger partial charge in [-0.3, -0.25) is 0 Å². The van der Waals surface area contributed by atoms with Crippen molar-refractivity contribution >= 4 is 17.3 Å². The van der Waals surface area contributed by atoms with E-state index in [1.54, 1.807) is 0 Å². The topological polar surface area (TPSA) is 42.2 Å². The summed E-state index contributed by atoms with van der Waals surface area (Å²) in [6.07, 6.45) is 0. The van der Waals surface area contributed by atoms with E-state index in [-0.39, 0.29) is 0 Å². The van der Waals surface area contributed by atoms with E-state index in [9.17, 15) is 0 Å². The Morgan fingerprint density at radius 1 is 1.05 bits per heavy atom. The van der Waals surface area contributed by atoms with Crippen LogP contribution in [0.15, 0.2) is 59.0 Å². The number of rotatable bonds is 5. The molecule has 0 aliphatic carbocycles. The van der Waals surface area contributed by atoms with Crippen LogP contribution >= 0.6 is 11.6 Å². The molecule has 3 aromatic rings. The smallest absolute Gasteiger partial charge is 0.247 e. The third-order valence-corrected chi connectivity index (χ3v) is 3.60. The molecule has 0 spiro atoms. The first kappa shape index (κ1) is 14.6. The van der Waals surface area contributed by atoms with E-state index in [2.05, 4.69) is 34.2 Å². The van der Waals surface area contributed by atoms with Gasteiger partial charge >= 0.3 is 0 Å². The van der Waals surface area contributed by atoms with Crippen LogP contribution in [0.1, 0.15) is 12.8 Å². The van der Waals surface area contributed by atoms with E-state index in [1.165, 1.54) is 0 Å². The van der Waals surface area contributed by atoms with Gasteiger partial charge in [-0.25, -0.2) is 0 Å². The second kappa shape index (κ2) is 6.62. The zero-order valence-corrected chi connectivity index (χ0v) is 13.0. The Hall–Kier alpha value is -2.33. The molecule has 0 radical (unpaired) electrons. The van der Waals surface area contributed by atoms with Gasteiger partial charge in [0.25, 0.3) is 0 Å². The summed E-state index contributed by atoms with van der Waals surface area (Å²) in [5.41, 5.74) is 1.96. The monoisotopic (exact) mass is 313 g/mol. The van der Waals surface area contributed by atoms with Crippen molar-refractivity contribution in [2.24, 2.45) is 0 Å². The summed E-state index contributed by atoms with van der Waals surface area (Å²) in [6, 6.07) is 17.6. The Morgan fingerprint density at radius 3 is 2.59 bits per heavy atom. The molecule has 0 aliphatic rings. The van der Waals surface area contributed by atoms with Crippen molar-refractivity contribution in [2.75, 3.05) is 11.4 Å². The standard InChI is InChI=1S/C17H16ClN3O/c1-2-21(15-9-4-3-5-10-15)12-16-19-20-17(22-16)13-7-6-8-14(18)11-13/h3-11H,2,12H2,1H3. The molecule has 0 atom stereocenters. The van der Waals surface area contributed by atoms with E-state index < -0.39 is 0 Å². The van der Waals surface area contributed by atoms with Crippen molar-refractivity contribution in [3.63, 3.8) is 0 Å². The van der Waals surface area contributed by atoms with Crippen molar-refractivity contribution in [1.29, 1.82) is 0 Å². The Kier molecular flexibility index (Phi) is 4.39. The SMILES string of the molecule is CCN(Cc1nnc(-c2cccc(Cl)c2)o1)c1ccccc1. The molecule has 1 aromatic heterocycles. The van der Waals surface area contributed by atoms with Gasteiger partial charge in [-0.2, -0.15) is 0 Å². The summed E-state index contributed by atoms with van der Waals surface area (Å²) in [5, 5.41) is 8.89. The maximum Gasteiger partial charge on any atom is 0.247 e. The Balaban J connectivity index is 1.79.